The third kappa shape index (κ3) is 4.21. The molecule has 116 valence electrons. The summed E-state index contributed by atoms with van der Waals surface area (Å²) in [5.74, 6) is 1.81. The van der Waals surface area contributed by atoms with Crippen LogP contribution in [0, 0.1) is 17.8 Å². The Balaban J connectivity index is 1.82. The van der Waals surface area contributed by atoms with E-state index in [2.05, 4.69) is 12.2 Å². The zero-order chi connectivity index (χ0) is 14.4. The molecular formula is C17H32N2O. The molecule has 3 nitrogen and oxygen atoms in total. The fourth-order valence-corrected chi connectivity index (χ4v) is 4.31. The van der Waals surface area contributed by atoms with E-state index in [1.165, 1.54) is 38.6 Å². The predicted molar refractivity (Wildman–Crippen MR) is 83.3 cm³/mol. The van der Waals surface area contributed by atoms with Crippen LogP contribution >= 0.6 is 0 Å². The summed E-state index contributed by atoms with van der Waals surface area (Å²) in [5.41, 5.74) is 5.57. The molecule has 20 heavy (non-hydrogen) atoms. The van der Waals surface area contributed by atoms with Crippen molar-refractivity contribution in [2.24, 2.45) is 23.5 Å². The van der Waals surface area contributed by atoms with E-state index in [9.17, 15) is 4.79 Å². The third-order valence-electron chi connectivity index (χ3n) is 5.54. The Bertz CT molecular complexity index is 303. The molecule has 4 atom stereocenters. The Morgan fingerprint density at radius 3 is 2.80 bits per heavy atom. The smallest absolute Gasteiger partial charge is 0.220 e. The van der Waals surface area contributed by atoms with E-state index >= 15 is 0 Å². The highest BCUT2D eigenvalue weighted by Crippen LogP contribution is 2.38. The molecule has 1 aliphatic carbocycles. The SMILES string of the molecule is CCCCC(CCC1NCCC2CCCCC21)C(N)=O. The second-order valence-corrected chi connectivity index (χ2v) is 6.88. The number of nitrogens with two attached hydrogens (primary N) is 1. The third-order valence-corrected chi connectivity index (χ3v) is 5.54. The van der Waals surface area contributed by atoms with Gasteiger partial charge in [0.05, 0.1) is 0 Å². The van der Waals surface area contributed by atoms with Gasteiger partial charge in [-0.15, -0.1) is 0 Å². The van der Waals surface area contributed by atoms with Crippen LogP contribution in [-0.2, 0) is 4.79 Å². The number of primary amides is 1. The van der Waals surface area contributed by atoms with Gasteiger partial charge in [0, 0.05) is 12.0 Å². The first-order valence-electron chi connectivity index (χ1n) is 8.75. The number of amides is 1. The number of carbonyl (C=O) groups is 1. The van der Waals surface area contributed by atoms with Crippen molar-refractivity contribution in [3.63, 3.8) is 0 Å². The molecule has 3 heteroatoms. The van der Waals surface area contributed by atoms with Crippen molar-refractivity contribution in [1.82, 2.24) is 5.32 Å². The molecule has 0 spiro atoms. The van der Waals surface area contributed by atoms with Gasteiger partial charge in [0.2, 0.25) is 5.91 Å². The van der Waals surface area contributed by atoms with E-state index in [-0.39, 0.29) is 11.8 Å². The second kappa shape index (κ2) is 8.02. The van der Waals surface area contributed by atoms with Gasteiger partial charge in [-0.2, -0.15) is 0 Å². The average molecular weight is 280 g/mol. The molecule has 2 fully saturated rings. The molecule has 1 heterocycles. The highest BCUT2D eigenvalue weighted by atomic mass is 16.1. The van der Waals surface area contributed by atoms with Gasteiger partial charge >= 0.3 is 0 Å². The van der Waals surface area contributed by atoms with Crippen molar-refractivity contribution in [3.05, 3.63) is 0 Å². The molecular weight excluding hydrogens is 248 g/mol. The highest BCUT2D eigenvalue weighted by molar-refractivity contribution is 5.76. The number of unbranched alkanes of at least 4 members (excludes halogenated alkanes) is 1. The largest absolute Gasteiger partial charge is 0.369 e. The number of nitrogens with one attached hydrogen (secondary N) is 1. The predicted octanol–water partition coefficient (Wildman–Crippen LogP) is 3.23. The Hall–Kier alpha value is -0.570. The standard InChI is InChI=1S/C17H32N2O/c1-2-3-6-14(17(18)20)9-10-16-15-8-5-4-7-13(15)11-12-19-16/h13-16,19H,2-12H2,1H3,(H2,18,20). The zero-order valence-corrected chi connectivity index (χ0v) is 13.1. The van der Waals surface area contributed by atoms with Crippen LogP contribution in [0.3, 0.4) is 0 Å². The Kier molecular flexibility index (Phi) is 6.34. The molecule has 0 radical (unpaired) electrons. The molecule has 1 saturated heterocycles. The van der Waals surface area contributed by atoms with Crippen LogP contribution in [-0.4, -0.2) is 18.5 Å². The van der Waals surface area contributed by atoms with Gasteiger partial charge in [-0.05, 0) is 50.5 Å². The number of rotatable bonds is 7. The first-order valence-corrected chi connectivity index (χ1v) is 8.75. The molecule has 1 aliphatic heterocycles. The summed E-state index contributed by atoms with van der Waals surface area (Å²) < 4.78 is 0. The lowest BCUT2D eigenvalue weighted by molar-refractivity contribution is -0.122. The monoisotopic (exact) mass is 280 g/mol. The van der Waals surface area contributed by atoms with Crippen LogP contribution in [0.25, 0.3) is 0 Å². The Labute approximate surface area is 124 Å². The van der Waals surface area contributed by atoms with Gasteiger partial charge < -0.3 is 11.1 Å². The Morgan fingerprint density at radius 2 is 2.05 bits per heavy atom. The lowest BCUT2D eigenvalue weighted by Crippen LogP contribution is -2.47. The minimum atomic E-state index is -0.0885. The maximum Gasteiger partial charge on any atom is 0.220 e. The summed E-state index contributed by atoms with van der Waals surface area (Å²) in [6, 6.07) is 0.637. The van der Waals surface area contributed by atoms with Crippen molar-refractivity contribution in [1.29, 1.82) is 0 Å². The first kappa shape index (κ1) is 15.8. The van der Waals surface area contributed by atoms with E-state index in [4.69, 9.17) is 5.73 Å². The van der Waals surface area contributed by atoms with Gasteiger partial charge in [0.25, 0.3) is 0 Å². The molecule has 0 aromatic heterocycles. The minimum absolute atomic E-state index is 0.0885. The average Bonchev–Trinajstić information content (AvgIpc) is 2.47. The van der Waals surface area contributed by atoms with E-state index in [1.54, 1.807) is 0 Å². The van der Waals surface area contributed by atoms with Gasteiger partial charge in [0.15, 0.2) is 0 Å². The van der Waals surface area contributed by atoms with Crippen LogP contribution in [0.2, 0.25) is 0 Å². The summed E-state index contributed by atoms with van der Waals surface area (Å²) in [7, 11) is 0. The van der Waals surface area contributed by atoms with Crippen LogP contribution in [0.5, 0.6) is 0 Å². The topological polar surface area (TPSA) is 55.1 Å². The van der Waals surface area contributed by atoms with Crippen molar-refractivity contribution >= 4 is 5.91 Å². The van der Waals surface area contributed by atoms with E-state index in [0.717, 1.165) is 43.9 Å². The van der Waals surface area contributed by atoms with Crippen LogP contribution < -0.4 is 11.1 Å². The summed E-state index contributed by atoms with van der Waals surface area (Å²) in [6.45, 7) is 3.34. The van der Waals surface area contributed by atoms with Crippen molar-refractivity contribution in [2.75, 3.05) is 6.54 Å². The Morgan fingerprint density at radius 1 is 1.25 bits per heavy atom. The molecule has 0 aromatic carbocycles. The number of hydrogen-bond donors (Lipinski definition) is 2. The molecule has 0 bridgehead atoms. The summed E-state index contributed by atoms with van der Waals surface area (Å²) in [4.78, 5) is 11.6. The molecule has 1 amide bonds. The number of hydrogen-bond acceptors (Lipinski definition) is 2. The normalized spacial score (nSPS) is 31.6. The van der Waals surface area contributed by atoms with Gasteiger partial charge in [-0.1, -0.05) is 39.0 Å². The quantitative estimate of drug-likeness (QED) is 0.752. The first-order chi connectivity index (χ1) is 9.72. The summed E-state index contributed by atoms with van der Waals surface area (Å²) in [5, 5.41) is 3.72. The molecule has 2 aliphatic rings. The van der Waals surface area contributed by atoms with E-state index in [1.807, 2.05) is 0 Å². The number of piperidine rings is 1. The molecule has 4 unspecified atom stereocenters. The summed E-state index contributed by atoms with van der Waals surface area (Å²) >= 11 is 0. The molecule has 0 aromatic rings. The van der Waals surface area contributed by atoms with Gasteiger partial charge in [-0.25, -0.2) is 0 Å². The molecule has 3 N–H and O–H groups in total. The van der Waals surface area contributed by atoms with E-state index < -0.39 is 0 Å². The minimum Gasteiger partial charge on any atom is -0.369 e. The zero-order valence-electron chi connectivity index (χ0n) is 13.1. The van der Waals surface area contributed by atoms with E-state index in [0.29, 0.717) is 6.04 Å². The van der Waals surface area contributed by atoms with Crippen molar-refractivity contribution < 1.29 is 4.79 Å². The molecule has 2 rings (SSSR count). The fourth-order valence-electron chi connectivity index (χ4n) is 4.31. The summed E-state index contributed by atoms with van der Waals surface area (Å²) in [6.07, 6.45) is 12.4. The number of carbonyl (C=O) groups excluding carboxylic acids is 1. The highest BCUT2D eigenvalue weighted by Gasteiger charge is 2.34. The lowest BCUT2D eigenvalue weighted by Gasteiger charge is -2.42. The number of fused-ring (bicyclic) bond motifs is 1. The van der Waals surface area contributed by atoms with Crippen molar-refractivity contribution in [3.8, 4) is 0 Å². The van der Waals surface area contributed by atoms with Gasteiger partial charge in [0.1, 0.15) is 0 Å². The van der Waals surface area contributed by atoms with Crippen LogP contribution in [0.1, 0.15) is 71.1 Å². The maximum atomic E-state index is 11.6. The lowest BCUT2D eigenvalue weighted by atomic mass is 9.70. The van der Waals surface area contributed by atoms with Crippen LogP contribution in [0.4, 0.5) is 0 Å². The fraction of sp³-hybridized carbons (Fsp3) is 0.941. The second-order valence-electron chi connectivity index (χ2n) is 6.88. The van der Waals surface area contributed by atoms with Crippen LogP contribution in [0.15, 0.2) is 0 Å². The maximum absolute atomic E-state index is 11.6. The van der Waals surface area contributed by atoms with Crippen molar-refractivity contribution in [2.45, 2.75) is 77.2 Å². The van der Waals surface area contributed by atoms with Gasteiger partial charge in [-0.3, -0.25) is 4.79 Å². The molecule has 1 saturated carbocycles.